The number of carboxylic acid groups (broad SMARTS) is 1. The summed E-state index contributed by atoms with van der Waals surface area (Å²) in [7, 11) is 0. The van der Waals surface area contributed by atoms with Crippen LogP contribution >= 0.6 is 0 Å². The van der Waals surface area contributed by atoms with Gasteiger partial charge in [-0.05, 0) is 19.1 Å². The topological polar surface area (TPSA) is 63.6 Å². The van der Waals surface area contributed by atoms with Crippen molar-refractivity contribution in [3.8, 4) is 0 Å². The van der Waals surface area contributed by atoms with Crippen LogP contribution in [0.3, 0.4) is 0 Å². The third-order valence-corrected chi connectivity index (χ3v) is 1.90. The van der Waals surface area contributed by atoms with Crippen molar-refractivity contribution in [3.63, 3.8) is 0 Å². The summed E-state index contributed by atoms with van der Waals surface area (Å²) in [5, 5.41) is 8.57. The number of hydrogen-bond donors (Lipinski definition) is 1. The van der Waals surface area contributed by atoms with Crippen molar-refractivity contribution in [2.45, 2.75) is 6.92 Å². The van der Waals surface area contributed by atoms with Crippen LogP contribution in [0, 0.1) is 5.92 Å². The number of benzene rings is 1. The largest absolute Gasteiger partial charge is 0.481 e. The lowest BCUT2D eigenvalue weighted by Gasteiger charge is -2.07. The van der Waals surface area contributed by atoms with Crippen LogP contribution in [0.2, 0.25) is 0 Å². The highest BCUT2D eigenvalue weighted by atomic mass is 16.5. The first kappa shape index (κ1) is 11.2. The van der Waals surface area contributed by atoms with Crippen LogP contribution < -0.4 is 0 Å². The average Bonchev–Trinajstić information content (AvgIpc) is 2.26. The van der Waals surface area contributed by atoms with E-state index in [9.17, 15) is 9.59 Å². The lowest BCUT2D eigenvalue weighted by Crippen LogP contribution is -2.18. The first-order valence-corrected chi connectivity index (χ1v) is 4.56. The Morgan fingerprint density at radius 3 is 2.47 bits per heavy atom. The molecule has 1 aromatic rings. The normalized spacial score (nSPS) is 11.8. The van der Waals surface area contributed by atoms with Crippen molar-refractivity contribution in [2.75, 3.05) is 6.61 Å². The summed E-state index contributed by atoms with van der Waals surface area (Å²) in [6, 6.07) is 8.46. The fraction of sp³-hybridized carbons (Fsp3) is 0.273. The summed E-state index contributed by atoms with van der Waals surface area (Å²) in [6.07, 6.45) is 0. The minimum atomic E-state index is -0.976. The van der Waals surface area contributed by atoms with Gasteiger partial charge in [0.1, 0.15) is 6.61 Å². The molecule has 0 aliphatic carbocycles. The van der Waals surface area contributed by atoms with E-state index in [1.165, 1.54) is 6.92 Å². The van der Waals surface area contributed by atoms with E-state index in [1.54, 1.807) is 30.3 Å². The van der Waals surface area contributed by atoms with Crippen molar-refractivity contribution < 1.29 is 19.4 Å². The SMILES string of the molecule is CC(COC(=O)c1ccccc1)C(=O)O. The summed E-state index contributed by atoms with van der Waals surface area (Å²) < 4.78 is 4.83. The molecule has 0 fully saturated rings. The quantitative estimate of drug-likeness (QED) is 0.763. The van der Waals surface area contributed by atoms with Gasteiger partial charge in [0.05, 0.1) is 11.5 Å². The molecule has 0 heterocycles. The first-order valence-electron chi connectivity index (χ1n) is 4.56. The lowest BCUT2D eigenvalue weighted by atomic mass is 10.2. The summed E-state index contributed by atoms with van der Waals surface area (Å²) in [6.45, 7) is 1.38. The molecule has 1 rings (SSSR count). The molecular weight excluding hydrogens is 196 g/mol. The molecule has 0 bridgehead atoms. The lowest BCUT2D eigenvalue weighted by molar-refractivity contribution is -0.142. The van der Waals surface area contributed by atoms with E-state index in [0.29, 0.717) is 5.56 Å². The number of hydrogen-bond acceptors (Lipinski definition) is 3. The molecule has 4 nitrogen and oxygen atoms in total. The van der Waals surface area contributed by atoms with Gasteiger partial charge in [-0.3, -0.25) is 4.79 Å². The van der Waals surface area contributed by atoms with Gasteiger partial charge in [0, 0.05) is 0 Å². The Bertz CT molecular complexity index is 345. The summed E-state index contributed by atoms with van der Waals surface area (Å²) in [5.41, 5.74) is 0.426. The molecule has 0 spiro atoms. The third kappa shape index (κ3) is 3.42. The number of carboxylic acids is 1. The smallest absolute Gasteiger partial charge is 0.338 e. The highest BCUT2D eigenvalue weighted by Crippen LogP contribution is 2.03. The summed E-state index contributed by atoms with van der Waals surface area (Å²) in [5.74, 6) is -2.16. The van der Waals surface area contributed by atoms with Gasteiger partial charge >= 0.3 is 11.9 Å². The first-order chi connectivity index (χ1) is 7.11. The Morgan fingerprint density at radius 2 is 1.93 bits per heavy atom. The second-order valence-corrected chi connectivity index (χ2v) is 3.20. The van der Waals surface area contributed by atoms with E-state index in [-0.39, 0.29) is 6.61 Å². The molecule has 0 radical (unpaired) electrons. The average molecular weight is 208 g/mol. The summed E-state index contributed by atoms with van der Waals surface area (Å²) >= 11 is 0. The monoisotopic (exact) mass is 208 g/mol. The summed E-state index contributed by atoms with van der Waals surface area (Å²) in [4.78, 5) is 21.8. The maximum atomic E-state index is 11.4. The van der Waals surface area contributed by atoms with Gasteiger partial charge in [0.2, 0.25) is 0 Å². The fourth-order valence-electron chi connectivity index (χ4n) is 0.930. The minimum Gasteiger partial charge on any atom is -0.481 e. The maximum absolute atomic E-state index is 11.4. The van der Waals surface area contributed by atoms with Crippen LogP contribution in [0.25, 0.3) is 0 Å². The molecule has 1 N–H and O–H groups in total. The standard InChI is InChI=1S/C11H12O4/c1-8(10(12)13)7-15-11(14)9-5-3-2-4-6-9/h2-6,8H,7H2,1H3,(H,12,13). The molecule has 0 saturated carbocycles. The van der Waals surface area contributed by atoms with Gasteiger partial charge in [-0.1, -0.05) is 18.2 Å². The molecule has 80 valence electrons. The number of aliphatic carboxylic acids is 1. The van der Waals surface area contributed by atoms with Crippen molar-refractivity contribution in [2.24, 2.45) is 5.92 Å². The Labute approximate surface area is 87.5 Å². The van der Waals surface area contributed by atoms with Gasteiger partial charge < -0.3 is 9.84 Å². The van der Waals surface area contributed by atoms with E-state index >= 15 is 0 Å². The fourth-order valence-corrected chi connectivity index (χ4v) is 0.930. The highest BCUT2D eigenvalue weighted by Gasteiger charge is 2.14. The number of rotatable bonds is 4. The molecule has 0 saturated heterocycles. The van der Waals surface area contributed by atoms with Crippen LogP contribution in [0.4, 0.5) is 0 Å². The maximum Gasteiger partial charge on any atom is 0.338 e. The van der Waals surface area contributed by atoms with Crippen LogP contribution in [0.1, 0.15) is 17.3 Å². The van der Waals surface area contributed by atoms with Crippen LogP contribution in [0.15, 0.2) is 30.3 Å². The molecular formula is C11H12O4. The van der Waals surface area contributed by atoms with Crippen molar-refractivity contribution >= 4 is 11.9 Å². The molecule has 0 aliphatic rings. The van der Waals surface area contributed by atoms with E-state index < -0.39 is 17.9 Å². The molecule has 1 unspecified atom stereocenters. The van der Waals surface area contributed by atoms with Crippen molar-refractivity contribution in [1.82, 2.24) is 0 Å². The predicted octanol–water partition coefficient (Wildman–Crippen LogP) is 1.56. The van der Waals surface area contributed by atoms with Gasteiger partial charge in [0.25, 0.3) is 0 Å². The zero-order valence-electron chi connectivity index (χ0n) is 8.34. The number of ether oxygens (including phenoxy) is 1. The zero-order valence-corrected chi connectivity index (χ0v) is 8.34. The second kappa shape index (κ2) is 5.14. The van der Waals surface area contributed by atoms with Crippen molar-refractivity contribution in [1.29, 1.82) is 0 Å². The van der Waals surface area contributed by atoms with E-state index in [0.717, 1.165) is 0 Å². The van der Waals surface area contributed by atoms with Crippen molar-refractivity contribution in [3.05, 3.63) is 35.9 Å². The van der Waals surface area contributed by atoms with Gasteiger partial charge in [-0.15, -0.1) is 0 Å². The van der Waals surface area contributed by atoms with E-state index in [2.05, 4.69) is 0 Å². The molecule has 1 aromatic carbocycles. The second-order valence-electron chi connectivity index (χ2n) is 3.20. The molecule has 4 heteroatoms. The van der Waals surface area contributed by atoms with Gasteiger partial charge in [-0.25, -0.2) is 4.79 Å². The predicted molar refractivity (Wildman–Crippen MR) is 53.5 cm³/mol. The highest BCUT2D eigenvalue weighted by molar-refractivity contribution is 5.89. The number of esters is 1. The Morgan fingerprint density at radius 1 is 1.33 bits per heavy atom. The van der Waals surface area contributed by atoms with Crippen LogP contribution in [-0.2, 0) is 9.53 Å². The zero-order chi connectivity index (χ0) is 11.3. The molecule has 0 amide bonds. The van der Waals surface area contributed by atoms with E-state index in [4.69, 9.17) is 9.84 Å². The Kier molecular flexibility index (Phi) is 3.85. The number of carbonyl (C=O) groups is 2. The van der Waals surface area contributed by atoms with Gasteiger partial charge in [-0.2, -0.15) is 0 Å². The van der Waals surface area contributed by atoms with Crippen LogP contribution in [0.5, 0.6) is 0 Å². The number of carbonyl (C=O) groups excluding carboxylic acids is 1. The molecule has 0 aromatic heterocycles. The van der Waals surface area contributed by atoms with Gasteiger partial charge in [0.15, 0.2) is 0 Å². The molecule has 15 heavy (non-hydrogen) atoms. The van der Waals surface area contributed by atoms with E-state index in [1.807, 2.05) is 0 Å². The Balaban J connectivity index is 2.47. The third-order valence-electron chi connectivity index (χ3n) is 1.90. The molecule has 0 aliphatic heterocycles. The Hall–Kier alpha value is -1.84. The van der Waals surface area contributed by atoms with Crippen LogP contribution in [-0.4, -0.2) is 23.7 Å². The molecule has 1 atom stereocenters. The minimum absolute atomic E-state index is 0.108.